The molecule has 1 saturated heterocycles. The van der Waals surface area contributed by atoms with Gasteiger partial charge in [-0.15, -0.1) is 5.10 Å². The van der Waals surface area contributed by atoms with Gasteiger partial charge >= 0.3 is 0 Å². The van der Waals surface area contributed by atoms with E-state index in [1.165, 1.54) is 5.56 Å². The lowest BCUT2D eigenvalue weighted by Gasteiger charge is -2.23. The monoisotopic (exact) mass is 392 g/mol. The summed E-state index contributed by atoms with van der Waals surface area (Å²) in [5.74, 6) is 1.13. The number of benzene rings is 1. The predicted octanol–water partition coefficient (Wildman–Crippen LogP) is 3.44. The Hall–Kier alpha value is -2.93. The largest absolute Gasteiger partial charge is 0.366 e. The number of hydrogen-bond donors (Lipinski definition) is 3. The van der Waals surface area contributed by atoms with Crippen LogP contribution in [0.1, 0.15) is 49.5 Å². The maximum Gasteiger partial charge on any atom is 0.256 e. The molecule has 1 aromatic carbocycles. The average Bonchev–Trinajstić information content (AvgIpc) is 3.09. The second kappa shape index (κ2) is 7.83. The maximum absolute atomic E-state index is 12.6. The third-order valence-corrected chi connectivity index (χ3v) is 5.27. The zero-order chi connectivity index (χ0) is 20.4. The zero-order valence-corrected chi connectivity index (χ0v) is 17.2. The van der Waals surface area contributed by atoms with Gasteiger partial charge in [0.15, 0.2) is 11.5 Å². The molecule has 7 heteroatoms. The Labute approximate surface area is 170 Å². The molecule has 0 saturated carbocycles. The van der Waals surface area contributed by atoms with Crippen molar-refractivity contribution in [3.63, 3.8) is 0 Å². The van der Waals surface area contributed by atoms with Crippen LogP contribution >= 0.6 is 0 Å². The van der Waals surface area contributed by atoms with Gasteiger partial charge in [0.25, 0.3) is 5.91 Å². The van der Waals surface area contributed by atoms with Crippen LogP contribution in [0.4, 0.5) is 11.6 Å². The molecular formula is C22H28N6O. The summed E-state index contributed by atoms with van der Waals surface area (Å²) in [5, 5.41) is 14.3. The van der Waals surface area contributed by atoms with E-state index in [0.29, 0.717) is 23.1 Å². The zero-order valence-electron chi connectivity index (χ0n) is 17.2. The minimum atomic E-state index is -0.179. The van der Waals surface area contributed by atoms with Gasteiger partial charge in [0.1, 0.15) is 5.82 Å². The number of imidazole rings is 1. The molecule has 29 heavy (non-hydrogen) atoms. The van der Waals surface area contributed by atoms with Gasteiger partial charge in [-0.05, 0) is 61.2 Å². The maximum atomic E-state index is 12.6. The molecule has 0 bridgehead atoms. The van der Waals surface area contributed by atoms with Crippen molar-refractivity contribution >= 4 is 23.2 Å². The molecule has 1 fully saturated rings. The molecule has 152 valence electrons. The first-order chi connectivity index (χ1) is 13.9. The van der Waals surface area contributed by atoms with Gasteiger partial charge in [0.2, 0.25) is 0 Å². The van der Waals surface area contributed by atoms with Crippen molar-refractivity contribution in [3.05, 3.63) is 53.7 Å². The Morgan fingerprint density at radius 1 is 1.07 bits per heavy atom. The number of amides is 1. The second-order valence-electron chi connectivity index (χ2n) is 8.60. The summed E-state index contributed by atoms with van der Waals surface area (Å²) in [7, 11) is 0. The van der Waals surface area contributed by atoms with Crippen molar-refractivity contribution in [1.29, 1.82) is 0 Å². The molecule has 4 rings (SSSR count). The van der Waals surface area contributed by atoms with Crippen molar-refractivity contribution in [2.24, 2.45) is 0 Å². The summed E-state index contributed by atoms with van der Waals surface area (Å²) >= 11 is 0. The highest BCUT2D eigenvalue weighted by atomic mass is 16.1. The summed E-state index contributed by atoms with van der Waals surface area (Å²) in [6.45, 7) is 8.51. The number of aromatic nitrogens is 3. The summed E-state index contributed by atoms with van der Waals surface area (Å²) in [6, 6.07) is 12.0. The predicted molar refractivity (Wildman–Crippen MR) is 116 cm³/mol. The Morgan fingerprint density at radius 3 is 2.48 bits per heavy atom. The molecule has 3 N–H and O–H groups in total. The van der Waals surface area contributed by atoms with E-state index in [9.17, 15) is 4.79 Å². The standard InChI is InChI=1S/C22H28N6O/c1-22(2,3)16-6-4-15(5-7-16)21(29)26-19-14-28-20(25-19)9-8-18(27-28)24-17-10-12-23-13-11-17/h4-9,14,17,23H,10-13H2,1-3H3,(H,24,27)(H,26,29). The van der Waals surface area contributed by atoms with Gasteiger partial charge in [-0.25, -0.2) is 9.50 Å². The van der Waals surface area contributed by atoms with Gasteiger partial charge in [-0.1, -0.05) is 32.9 Å². The number of rotatable bonds is 4. The minimum Gasteiger partial charge on any atom is -0.366 e. The SMILES string of the molecule is CC(C)(C)c1ccc(C(=O)Nc2cn3nc(NC4CCNCC4)ccc3n2)cc1. The van der Waals surface area contributed by atoms with E-state index in [4.69, 9.17) is 0 Å². The average molecular weight is 393 g/mol. The van der Waals surface area contributed by atoms with E-state index in [0.717, 1.165) is 31.7 Å². The van der Waals surface area contributed by atoms with Crippen molar-refractivity contribution in [1.82, 2.24) is 19.9 Å². The number of nitrogens with one attached hydrogen (secondary N) is 3. The highest BCUT2D eigenvalue weighted by molar-refractivity contribution is 6.03. The topological polar surface area (TPSA) is 83.4 Å². The summed E-state index contributed by atoms with van der Waals surface area (Å²) in [6.07, 6.45) is 3.91. The van der Waals surface area contributed by atoms with Crippen LogP contribution in [-0.4, -0.2) is 39.6 Å². The fourth-order valence-corrected chi connectivity index (χ4v) is 3.50. The first-order valence-corrected chi connectivity index (χ1v) is 10.1. The third-order valence-electron chi connectivity index (χ3n) is 5.27. The van der Waals surface area contributed by atoms with Crippen LogP contribution < -0.4 is 16.0 Å². The van der Waals surface area contributed by atoms with Crippen LogP contribution in [0, 0.1) is 0 Å². The Kier molecular flexibility index (Phi) is 5.24. The fraction of sp³-hybridized carbons (Fsp3) is 0.409. The number of nitrogens with zero attached hydrogens (tertiary/aromatic N) is 3. The lowest BCUT2D eigenvalue weighted by Crippen LogP contribution is -2.35. The quantitative estimate of drug-likeness (QED) is 0.633. The Bertz CT molecular complexity index is 996. The molecule has 2 aromatic heterocycles. The molecule has 1 amide bonds. The third kappa shape index (κ3) is 4.56. The van der Waals surface area contributed by atoms with Gasteiger partial charge in [0, 0.05) is 11.6 Å². The van der Waals surface area contributed by atoms with Crippen LogP contribution in [0.5, 0.6) is 0 Å². The summed E-state index contributed by atoms with van der Waals surface area (Å²) in [4.78, 5) is 17.0. The van der Waals surface area contributed by atoms with Crippen molar-refractivity contribution in [2.45, 2.75) is 45.1 Å². The molecule has 1 aliphatic heterocycles. The molecular weight excluding hydrogens is 364 g/mol. The molecule has 0 atom stereocenters. The summed E-state index contributed by atoms with van der Waals surface area (Å²) in [5.41, 5.74) is 2.55. The highest BCUT2D eigenvalue weighted by Gasteiger charge is 2.16. The molecule has 0 unspecified atom stereocenters. The van der Waals surface area contributed by atoms with Gasteiger partial charge in [-0.3, -0.25) is 4.79 Å². The molecule has 0 aliphatic carbocycles. The lowest BCUT2D eigenvalue weighted by atomic mass is 9.87. The van der Waals surface area contributed by atoms with E-state index in [-0.39, 0.29) is 11.3 Å². The van der Waals surface area contributed by atoms with E-state index in [1.54, 1.807) is 10.7 Å². The molecule has 3 aromatic rings. The van der Waals surface area contributed by atoms with E-state index >= 15 is 0 Å². The minimum absolute atomic E-state index is 0.0577. The lowest BCUT2D eigenvalue weighted by molar-refractivity contribution is 0.102. The second-order valence-corrected chi connectivity index (χ2v) is 8.60. The number of anilines is 2. The molecule has 7 nitrogen and oxygen atoms in total. The summed E-state index contributed by atoms with van der Waals surface area (Å²) < 4.78 is 1.70. The number of hydrogen-bond acceptors (Lipinski definition) is 5. The van der Waals surface area contributed by atoms with Crippen LogP contribution in [0.2, 0.25) is 0 Å². The molecule has 0 spiro atoms. The fourth-order valence-electron chi connectivity index (χ4n) is 3.50. The van der Waals surface area contributed by atoms with Crippen molar-refractivity contribution in [3.8, 4) is 0 Å². The Morgan fingerprint density at radius 2 is 1.79 bits per heavy atom. The smallest absolute Gasteiger partial charge is 0.256 e. The first-order valence-electron chi connectivity index (χ1n) is 10.1. The Balaban J connectivity index is 1.45. The molecule has 1 aliphatic rings. The number of carbonyl (C=O) groups excluding carboxylic acids is 1. The highest BCUT2D eigenvalue weighted by Crippen LogP contribution is 2.22. The molecule has 3 heterocycles. The first kappa shape index (κ1) is 19.4. The number of carbonyl (C=O) groups is 1. The number of fused-ring (bicyclic) bond motifs is 1. The van der Waals surface area contributed by atoms with Crippen LogP contribution in [-0.2, 0) is 5.41 Å². The van der Waals surface area contributed by atoms with Crippen molar-refractivity contribution < 1.29 is 4.79 Å². The van der Waals surface area contributed by atoms with E-state index in [1.807, 2.05) is 36.4 Å². The van der Waals surface area contributed by atoms with E-state index < -0.39 is 0 Å². The van der Waals surface area contributed by atoms with Gasteiger partial charge < -0.3 is 16.0 Å². The van der Waals surface area contributed by atoms with Gasteiger partial charge in [-0.2, -0.15) is 0 Å². The van der Waals surface area contributed by atoms with Gasteiger partial charge in [0.05, 0.1) is 6.20 Å². The van der Waals surface area contributed by atoms with E-state index in [2.05, 4.69) is 46.8 Å². The molecule has 0 radical (unpaired) electrons. The van der Waals surface area contributed by atoms with Crippen LogP contribution in [0.15, 0.2) is 42.6 Å². The number of piperidine rings is 1. The van der Waals surface area contributed by atoms with Crippen LogP contribution in [0.25, 0.3) is 5.65 Å². The normalized spacial score (nSPS) is 15.4. The van der Waals surface area contributed by atoms with Crippen LogP contribution in [0.3, 0.4) is 0 Å². The van der Waals surface area contributed by atoms with Crippen molar-refractivity contribution in [2.75, 3.05) is 23.7 Å².